The summed E-state index contributed by atoms with van der Waals surface area (Å²) in [5, 5.41) is 0.990. The van der Waals surface area contributed by atoms with Crippen LogP contribution >= 0.6 is 0 Å². The Labute approximate surface area is 165 Å². The number of aromatic nitrogens is 2. The summed E-state index contributed by atoms with van der Waals surface area (Å²) >= 11 is 0. The van der Waals surface area contributed by atoms with E-state index < -0.39 is 5.97 Å². The second-order valence-corrected chi connectivity index (χ2v) is 7.13. The Morgan fingerprint density at radius 3 is 2.75 bits per heavy atom. The molecule has 2 aromatic heterocycles. The van der Waals surface area contributed by atoms with Crippen molar-refractivity contribution in [2.45, 2.75) is 39.7 Å². The molecule has 150 valence electrons. The highest BCUT2D eigenvalue weighted by Gasteiger charge is 2.20. The first-order valence-electron chi connectivity index (χ1n) is 9.31. The van der Waals surface area contributed by atoms with E-state index in [-0.39, 0.29) is 24.4 Å². The van der Waals surface area contributed by atoms with Crippen LogP contribution in [0.25, 0.3) is 11.0 Å². The van der Waals surface area contributed by atoms with E-state index in [0.29, 0.717) is 24.3 Å². The number of carbonyl (C=O) groups excluding carboxylic acids is 1. The third-order valence-corrected chi connectivity index (χ3v) is 3.81. The maximum atomic E-state index is 12.2. The number of nitrogens with zero attached hydrogens (tertiary/aromatic N) is 3. The van der Waals surface area contributed by atoms with Crippen molar-refractivity contribution in [1.29, 1.82) is 0 Å². The van der Waals surface area contributed by atoms with Crippen LogP contribution in [0.2, 0.25) is 0 Å². The van der Waals surface area contributed by atoms with Crippen molar-refractivity contribution in [2.24, 2.45) is 10.7 Å². The molecule has 28 heavy (non-hydrogen) atoms. The van der Waals surface area contributed by atoms with E-state index in [1.54, 1.807) is 13.1 Å². The molecule has 2 N–H and O–H groups in total. The molecule has 7 nitrogen and oxygen atoms in total. The first-order valence-corrected chi connectivity index (χ1v) is 9.31. The molecule has 7 heteroatoms. The number of ether oxygens (including phenoxy) is 2. The van der Waals surface area contributed by atoms with E-state index in [9.17, 15) is 4.79 Å². The van der Waals surface area contributed by atoms with Gasteiger partial charge >= 0.3 is 5.97 Å². The normalized spacial score (nSPS) is 13.0. The van der Waals surface area contributed by atoms with Crippen molar-refractivity contribution in [1.82, 2.24) is 9.97 Å². The molecule has 2 rings (SSSR count). The summed E-state index contributed by atoms with van der Waals surface area (Å²) < 4.78 is 10.9. The molecule has 0 atom stereocenters. The Morgan fingerprint density at radius 2 is 2.07 bits per heavy atom. The fourth-order valence-electron chi connectivity index (χ4n) is 2.42. The van der Waals surface area contributed by atoms with Crippen LogP contribution in [0.15, 0.2) is 47.2 Å². The highest BCUT2D eigenvalue weighted by Crippen LogP contribution is 2.12. The molecular weight excluding hydrogens is 356 g/mol. The van der Waals surface area contributed by atoms with Gasteiger partial charge in [0.1, 0.15) is 0 Å². The molecule has 0 aliphatic carbocycles. The van der Waals surface area contributed by atoms with Crippen LogP contribution in [-0.4, -0.2) is 47.0 Å². The maximum Gasteiger partial charge on any atom is 0.341 e. The van der Waals surface area contributed by atoms with E-state index >= 15 is 0 Å². The predicted molar refractivity (Wildman–Crippen MR) is 110 cm³/mol. The number of carbonyl (C=O) groups is 1. The molecule has 0 aromatic carbocycles. The van der Waals surface area contributed by atoms with Crippen LogP contribution in [0.1, 0.15) is 33.4 Å². The largest absolute Gasteiger partial charge is 0.462 e. The highest BCUT2D eigenvalue weighted by atomic mass is 16.5. The van der Waals surface area contributed by atoms with Crippen LogP contribution in [0, 0.1) is 0 Å². The van der Waals surface area contributed by atoms with E-state index in [4.69, 9.17) is 15.2 Å². The van der Waals surface area contributed by atoms with Crippen LogP contribution in [0.3, 0.4) is 0 Å². The van der Waals surface area contributed by atoms with Crippen molar-refractivity contribution >= 4 is 22.7 Å². The Balaban J connectivity index is 2.15. The Morgan fingerprint density at radius 1 is 1.29 bits per heavy atom. The van der Waals surface area contributed by atoms with E-state index in [2.05, 4.69) is 15.0 Å². The van der Waals surface area contributed by atoms with Gasteiger partial charge in [0.15, 0.2) is 5.65 Å². The average Bonchev–Trinajstić information content (AvgIpc) is 2.65. The van der Waals surface area contributed by atoms with Gasteiger partial charge in [0.05, 0.1) is 30.1 Å². The molecular formula is C21H28N4O3. The summed E-state index contributed by atoms with van der Waals surface area (Å²) in [6.45, 7) is 8.42. The number of hydrogen-bond donors (Lipinski definition) is 1. The van der Waals surface area contributed by atoms with Gasteiger partial charge in [0.25, 0.3) is 0 Å². The third-order valence-electron chi connectivity index (χ3n) is 3.81. The monoisotopic (exact) mass is 384 g/mol. The summed E-state index contributed by atoms with van der Waals surface area (Å²) in [5.41, 5.74) is 7.56. The number of esters is 1. The molecule has 2 aromatic rings. The van der Waals surface area contributed by atoms with Gasteiger partial charge in [-0.2, -0.15) is 0 Å². The molecule has 2 heterocycles. The lowest BCUT2D eigenvalue weighted by molar-refractivity contribution is -0.137. The van der Waals surface area contributed by atoms with Gasteiger partial charge in [-0.15, -0.1) is 0 Å². The highest BCUT2D eigenvalue weighted by molar-refractivity contribution is 6.20. The number of aliphatic imine (C=N–C) groups is 1. The van der Waals surface area contributed by atoms with Gasteiger partial charge in [0.2, 0.25) is 0 Å². The smallest absolute Gasteiger partial charge is 0.341 e. The first kappa shape index (κ1) is 21.5. The van der Waals surface area contributed by atoms with Crippen LogP contribution in [0.4, 0.5) is 0 Å². The summed E-state index contributed by atoms with van der Waals surface area (Å²) in [6, 6.07) is 7.79. The minimum Gasteiger partial charge on any atom is -0.462 e. The van der Waals surface area contributed by atoms with E-state index in [0.717, 1.165) is 11.1 Å². The average molecular weight is 384 g/mol. The number of nitrogens with two attached hydrogens (primary N) is 1. The molecule has 0 amide bonds. The van der Waals surface area contributed by atoms with Gasteiger partial charge in [0, 0.05) is 36.4 Å². The second kappa shape index (κ2) is 9.94. The van der Waals surface area contributed by atoms with Crippen LogP contribution < -0.4 is 5.73 Å². The fraction of sp³-hybridized carbons (Fsp3) is 0.429. The molecule has 0 saturated heterocycles. The Bertz CT molecular complexity index is 869. The summed E-state index contributed by atoms with van der Waals surface area (Å²) in [5.74, 6) is -0.505. The number of fused-ring (bicyclic) bond motifs is 1. The lowest BCUT2D eigenvalue weighted by Gasteiger charge is -2.21. The van der Waals surface area contributed by atoms with E-state index in [1.807, 2.05) is 45.0 Å². The van der Waals surface area contributed by atoms with Crippen molar-refractivity contribution < 1.29 is 14.3 Å². The van der Waals surface area contributed by atoms with Gasteiger partial charge in [-0.25, -0.2) is 14.8 Å². The Hall–Kier alpha value is -2.80. The van der Waals surface area contributed by atoms with Gasteiger partial charge < -0.3 is 15.2 Å². The zero-order chi connectivity index (χ0) is 20.6. The maximum absolute atomic E-state index is 12.2. The lowest BCUT2D eigenvalue weighted by Crippen LogP contribution is -2.28. The number of hydrogen-bond acceptors (Lipinski definition) is 7. The van der Waals surface area contributed by atoms with Crippen LogP contribution in [0.5, 0.6) is 0 Å². The zero-order valence-electron chi connectivity index (χ0n) is 16.9. The SMILES string of the molecule is CCOC(=O)C(=CN)C(COC(C)(C)C)=NCCc1ccc2cccnc2n1. The first-order chi connectivity index (χ1) is 13.3. The molecule has 0 fully saturated rings. The molecule has 0 aliphatic rings. The quantitative estimate of drug-likeness (QED) is 0.427. The van der Waals surface area contributed by atoms with Crippen molar-refractivity contribution in [3.63, 3.8) is 0 Å². The lowest BCUT2D eigenvalue weighted by atomic mass is 10.1. The standard InChI is InChI=1S/C21H28N4O3/c1-5-27-20(26)17(13-22)18(14-28-21(2,3)4)23-12-10-16-9-8-15-7-6-11-24-19(15)25-16/h6-9,11,13H,5,10,12,14,22H2,1-4H3. The van der Waals surface area contributed by atoms with Crippen molar-refractivity contribution in [3.8, 4) is 0 Å². The molecule has 0 spiro atoms. The topological polar surface area (TPSA) is 99.7 Å². The minimum atomic E-state index is -0.505. The molecule has 0 aliphatic heterocycles. The van der Waals surface area contributed by atoms with Crippen molar-refractivity contribution in [2.75, 3.05) is 19.8 Å². The van der Waals surface area contributed by atoms with Crippen molar-refractivity contribution in [3.05, 3.63) is 47.9 Å². The molecule has 0 saturated carbocycles. The summed E-state index contributed by atoms with van der Waals surface area (Å²) in [6.07, 6.45) is 3.55. The fourth-order valence-corrected chi connectivity index (χ4v) is 2.42. The molecule has 0 unspecified atom stereocenters. The number of rotatable bonds is 8. The summed E-state index contributed by atoms with van der Waals surface area (Å²) in [4.78, 5) is 25.6. The predicted octanol–water partition coefficient (Wildman–Crippen LogP) is 2.83. The molecule has 0 radical (unpaired) electrons. The third kappa shape index (κ3) is 6.42. The van der Waals surface area contributed by atoms with Crippen LogP contribution in [-0.2, 0) is 20.7 Å². The van der Waals surface area contributed by atoms with Gasteiger partial charge in [-0.3, -0.25) is 4.99 Å². The zero-order valence-corrected chi connectivity index (χ0v) is 16.9. The minimum absolute atomic E-state index is 0.165. The van der Waals surface area contributed by atoms with Gasteiger partial charge in [-0.05, 0) is 52.0 Å². The molecule has 0 bridgehead atoms. The summed E-state index contributed by atoms with van der Waals surface area (Å²) in [7, 11) is 0. The number of pyridine rings is 2. The second-order valence-electron chi connectivity index (χ2n) is 7.13. The van der Waals surface area contributed by atoms with E-state index in [1.165, 1.54) is 6.20 Å². The Kier molecular flexibility index (Phi) is 7.63. The van der Waals surface area contributed by atoms with Gasteiger partial charge in [-0.1, -0.05) is 0 Å².